The maximum atomic E-state index is 12.7. The normalized spacial score (nSPS) is 27.7. The van der Waals surface area contributed by atoms with Gasteiger partial charge in [-0.2, -0.15) is 0 Å². The van der Waals surface area contributed by atoms with Crippen LogP contribution < -0.4 is 10.5 Å². The SMILES string of the molecule is CC(C)Oc1ccc(C(=O)CCN2CC3(C)CC2CC(C)(C)C3)cc1N. The van der Waals surface area contributed by atoms with Gasteiger partial charge in [0.2, 0.25) is 0 Å². The molecule has 1 aliphatic heterocycles. The molecule has 0 radical (unpaired) electrons. The third-order valence-corrected chi connectivity index (χ3v) is 5.84. The van der Waals surface area contributed by atoms with E-state index in [0.717, 1.165) is 13.1 Å². The van der Waals surface area contributed by atoms with E-state index < -0.39 is 0 Å². The van der Waals surface area contributed by atoms with Crippen molar-refractivity contribution in [2.45, 2.75) is 72.4 Å². The van der Waals surface area contributed by atoms with Crippen molar-refractivity contribution in [1.82, 2.24) is 4.90 Å². The van der Waals surface area contributed by atoms with Crippen molar-refractivity contribution in [2.24, 2.45) is 10.8 Å². The van der Waals surface area contributed by atoms with Crippen molar-refractivity contribution in [3.63, 3.8) is 0 Å². The van der Waals surface area contributed by atoms with E-state index in [-0.39, 0.29) is 11.9 Å². The number of likely N-dealkylation sites (tertiary alicyclic amines) is 1. The van der Waals surface area contributed by atoms with Gasteiger partial charge in [0.25, 0.3) is 0 Å². The molecule has 3 rings (SSSR count). The molecule has 1 aliphatic carbocycles. The summed E-state index contributed by atoms with van der Waals surface area (Å²) in [6.45, 7) is 13.1. The summed E-state index contributed by atoms with van der Waals surface area (Å²) in [4.78, 5) is 15.2. The predicted molar refractivity (Wildman–Crippen MR) is 107 cm³/mol. The standard InChI is InChI=1S/C22H34N2O2/c1-15(2)26-20-7-6-16(10-18(20)23)19(25)8-9-24-14-22(5)12-17(24)11-21(3,4)13-22/h6-7,10,15,17H,8-9,11-14,23H2,1-5H3. The summed E-state index contributed by atoms with van der Waals surface area (Å²) < 4.78 is 5.65. The van der Waals surface area contributed by atoms with Gasteiger partial charge in [0.1, 0.15) is 5.75 Å². The maximum Gasteiger partial charge on any atom is 0.164 e. The van der Waals surface area contributed by atoms with Gasteiger partial charge in [-0.1, -0.05) is 20.8 Å². The van der Waals surface area contributed by atoms with Crippen LogP contribution in [0.3, 0.4) is 0 Å². The molecule has 1 heterocycles. The minimum atomic E-state index is 0.0685. The van der Waals surface area contributed by atoms with E-state index in [9.17, 15) is 4.79 Å². The number of nitrogens with two attached hydrogens (primary N) is 1. The molecule has 0 spiro atoms. The summed E-state index contributed by atoms with van der Waals surface area (Å²) in [5.74, 6) is 0.818. The van der Waals surface area contributed by atoms with Gasteiger partial charge in [-0.3, -0.25) is 9.69 Å². The minimum absolute atomic E-state index is 0.0685. The number of carbonyl (C=O) groups is 1. The monoisotopic (exact) mass is 358 g/mol. The first-order valence-corrected chi connectivity index (χ1v) is 9.90. The van der Waals surface area contributed by atoms with Crippen molar-refractivity contribution >= 4 is 11.5 Å². The van der Waals surface area contributed by atoms with Crippen LogP contribution in [0, 0.1) is 10.8 Å². The fourth-order valence-corrected chi connectivity index (χ4v) is 5.31. The van der Waals surface area contributed by atoms with Crippen LogP contribution in [0.5, 0.6) is 5.75 Å². The minimum Gasteiger partial charge on any atom is -0.489 e. The number of ketones is 1. The summed E-state index contributed by atoms with van der Waals surface area (Å²) in [6.07, 6.45) is 4.43. The molecule has 1 aromatic rings. The Balaban J connectivity index is 1.60. The molecule has 2 aliphatic rings. The van der Waals surface area contributed by atoms with Gasteiger partial charge < -0.3 is 10.5 Å². The molecule has 2 fully saturated rings. The number of Topliss-reactive ketones (excluding diaryl/α,β-unsaturated/α-hetero) is 1. The van der Waals surface area contributed by atoms with Gasteiger partial charge >= 0.3 is 0 Å². The van der Waals surface area contributed by atoms with E-state index in [1.54, 1.807) is 6.07 Å². The average Bonchev–Trinajstić information content (AvgIpc) is 2.74. The molecule has 0 amide bonds. The second-order valence-corrected chi connectivity index (χ2v) is 9.78. The second-order valence-electron chi connectivity index (χ2n) is 9.78. The summed E-state index contributed by atoms with van der Waals surface area (Å²) >= 11 is 0. The quantitative estimate of drug-likeness (QED) is 0.599. The number of nitrogen functional groups attached to an aromatic ring is 1. The zero-order valence-electron chi connectivity index (χ0n) is 17.0. The first kappa shape index (κ1) is 19.2. The Labute approximate surface area is 158 Å². The number of fused-ring (bicyclic) bond motifs is 2. The smallest absolute Gasteiger partial charge is 0.164 e. The van der Waals surface area contributed by atoms with Crippen molar-refractivity contribution in [3.05, 3.63) is 23.8 Å². The highest BCUT2D eigenvalue weighted by molar-refractivity contribution is 5.97. The molecule has 2 bridgehead atoms. The van der Waals surface area contributed by atoms with Gasteiger partial charge in [0.15, 0.2) is 5.78 Å². The van der Waals surface area contributed by atoms with E-state index in [4.69, 9.17) is 10.5 Å². The largest absolute Gasteiger partial charge is 0.489 e. The first-order valence-electron chi connectivity index (χ1n) is 9.90. The Morgan fingerprint density at radius 1 is 1.31 bits per heavy atom. The third-order valence-electron chi connectivity index (χ3n) is 5.84. The van der Waals surface area contributed by atoms with Crippen LogP contribution in [0.2, 0.25) is 0 Å². The lowest BCUT2D eigenvalue weighted by atomic mass is 9.65. The molecule has 1 aromatic carbocycles. The van der Waals surface area contributed by atoms with Crippen molar-refractivity contribution in [1.29, 1.82) is 0 Å². The zero-order valence-corrected chi connectivity index (χ0v) is 17.0. The van der Waals surface area contributed by atoms with Crippen LogP contribution in [0.4, 0.5) is 5.69 Å². The molecule has 1 saturated carbocycles. The van der Waals surface area contributed by atoms with Crippen LogP contribution in [-0.2, 0) is 0 Å². The highest BCUT2D eigenvalue weighted by atomic mass is 16.5. The Morgan fingerprint density at radius 3 is 2.69 bits per heavy atom. The van der Waals surface area contributed by atoms with Crippen LogP contribution >= 0.6 is 0 Å². The number of hydrogen-bond donors (Lipinski definition) is 1. The highest BCUT2D eigenvalue weighted by Gasteiger charge is 2.49. The first-order chi connectivity index (χ1) is 12.1. The van der Waals surface area contributed by atoms with Crippen molar-refractivity contribution < 1.29 is 9.53 Å². The number of carbonyl (C=O) groups excluding carboxylic acids is 1. The molecule has 2 unspecified atom stereocenters. The number of benzene rings is 1. The van der Waals surface area contributed by atoms with E-state index in [2.05, 4.69) is 25.7 Å². The zero-order chi connectivity index (χ0) is 19.1. The fourth-order valence-electron chi connectivity index (χ4n) is 5.31. The van der Waals surface area contributed by atoms with Gasteiger partial charge in [-0.15, -0.1) is 0 Å². The Kier molecular flexibility index (Phi) is 5.08. The lowest BCUT2D eigenvalue weighted by Crippen LogP contribution is -2.35. The lowest BCUT2D eigenvalue weighted by Gasteiger charge is -2.39. The number of ether oxygens (including phenoxy) is 1. The molecule has 4 nitrogen and oxygen atoms in total. The van der Waals surface area contributed by atoms with Crippen LogP contribution in [-0.4, -0.2) is 35.9 Å². The third kappa shape index (κ3) is 4.22. The van der Waals surface area contributed by atoms with Crippen molar-refractivity contribution in [2.75, 3.05) is 18.8 Å². The molecule has 0 aromatic heterocycles. The number of nitrogens with zero attached hydrogens (tertiary/aromatic N) is 1. The number of anilines is 1. The molecule has 144 valence electrons. The highest BCUT2D eigenvalue weighted by Crippen LogP contribution is 2.52. The molecule has 2 N–H and O–H groups in total. The molecular formula is C22H34N2O2. The lowest BCUT2D eigenvalue weighted by molar-refractivity contribution is 0.0954. The summed E-state index contributed by atoms with van der Waals surface area (Å²) in [6, 6.07) is 6.04. The Bertz CT molecular complexity index is 683. The topological polar surface area (TPSA) is 55.6 Å². The van der Waals surface area contributed by atoms with Crippen LogP contribution in [0.1, 0.15) is 70.7 Å². The van der Waals surface area contributed by atoms with Crippen LogP contribution in [0.15, 0.2) is 18.2 Å². The second kappa shape index (κ2) is 6.88. The predicted octanol–water partition coefficient (Wildman–Crippen LogP) is 4.53. The summed E-state index contributed by atoms with van der Waals surface area (Å²) in [5.41, 5.74) is 8.11. The van der Waals surface area contributed by atoms with Gasteiger partial charge in [-0.25, -0.2) is 0 Å². The summed E-state index contributed by atoms with van der Waals surface area (Å²) in [7, 11) is 0. The molecule has 1 saturated heterocycles. The molecule has 26 heavy (non-hydrogen) atoms. The van der Waals surface area contributed by atoms with E-state index >= 15 is 0 Å². The van der Waals surface area contributed by atoms with Gasteiger partial charge in [0, 0.05) is 31.1 Å². The Morgan fingerprint density at radius 2 is 2.04 bits per heavy atom. The maximum absolute atomic E-state index is 12.7. The molecular weight excluding hydrogens is 324 g/mol. The number of rotatable bonds is 6. The van der Waals surface area contributed by atoms with E-state index in [1.807, 2.05) is 26.0 Å². The fraction of sp³-hybridized carbons (Fsp3) is 0.682. The summed E-state index contributed by atoms with van der Waals surface area (Å²) in [5, 5.41) is 0. The molecule has 2 atom stereocenters. The van der Waals surface area contributed by atoms with Gasteiger partial charge in [0.05, 0.1) is 11.8 Å². The van der Waals surface area contributed by atoms with Crippen molar-refractivity contribution in [3.8, 4) is 5.75 Å². The number of hydrogen-bond acceptors (Lipinski definition) is 4. The van der Waals surface area contributed by atoms with Crippen LogP contribution in [0.25, 0.3) is 0 Å². The van der Waals surface area contributed by atoms with E-state index in [1.165, 1.54) is 19.3 Å². The Hall–Kier alpha value is -1.55. The van der Waals surface area contributed by atoms with E-state index in [0.29, 0.717) is 40.3 Å². The molecule has 4 heteroatoms. The van der Waals surface area contributed by atoms with Gasteiger partial charge in [-0.05, 0) is 62.1 Å². The average molecular weight is 359 g/mol.